The van der Waals surface area contributed by atoms with E-state index in [0.29, 0.717) is 19.5 Å². The molecule has 0 radical (unpaired) electrons. The Labute approximate surface area is 105 Å². The highest BCUT2D eigenvalue weighted by Crippen LogP contribution is 2.25. The SMILES string of the molecule is CCN(CCCO)c1c(F)cc(C(=N)N)cc1F. The van der Waals surface area contributed by atoms with Crippen LogP contribution in [-0.2, 0) is 0 Å². The number of benzene rings is 1. The lowest BCUT2D eigenvalue weighted by Crippen LogP contribution is -2.27. The van der Waals surface area contributed by atoms with Gasteiger partial charge in [-0.1, -0.05) is 0 Å². The molecule has 4 N–H and O–H groups in total. The maximum Gasteiger partial charge on any atom is 0.150 e. The number of nitrogens with zero attached hydrogens (tertiary/aromatic N) is 1. The molecule has 1 aromatic carbocycles. The minimum Gasteiger partial charge on any atom is -0.396 e. The third-order valence-corrected chi connectivity index (χ3v) is 2.61. The van der Waals surface area contributed by atoms with Crippen LogP contribution in [0, 0.1) is 17.0 Å². The van der Waals surface area contributed by atoms with E-state index in [-0.39, 0.29) is 23.7 Å². The van der Waals surface area contributed by atoms with Crippen molar-refractivity contribution in [1.29, 1.82) is 5.41 Å². The second-order valence-electron chi connectivity index (χ2n) is 3.86. The summed E-state index contributed by atoms with van der Waals surface area (Å²) >= 11 is 0. The fourth-order valence-corrected chi connectivity index (χ4v) is 1.71. The highest BCUT2D eigenvalue weighted by molar-refractivity contribution is 5.95. The monoisotopic (exact) mass is 257 g/mol. The van der Waals surface area contributed by atoms with Crippen molar-refractivity contribution in [2.75, 3.05) is 24.6 Å². The zero-order valence-corrected chi connectivity index (χ0v) is 10.2. The summed E-state index contributed by atoms with van der Waals surface area (Å²) < 4.78 is 27.7. The molecule has 1 rings (SSSR count). The van der Waals surface area contributed by atoms with E-state index in [1.54, 1.807) is 6.92 Å². The summed E-state index contributed by atoms with van der Waals surface area (Å²) in [6, 6.07) is 2.09. The molecule has 0 heterocycles. The first-order valence-electron chi connectivity index (χ1n) is 5.70. The summed E-state index contributed by atoms with van der Waals surface area (Å²) in [5.74, 6) is -1.88. The van der Waals surface area contributed by atoms with Gasteiger partial charge in [-0.3, -0.25) is 5.41 Å². The molecule has 0 aliphatic heterocycles. The molecule has 0 saturated heterocycles. The van der Waals surface area contributed by atoms with Crippen molar-refractivity contribution in [2.24, 2.45) is 5.73 Å². The molecule has 18 heavy (non-hydrogen) atoms. The van der Waals surface area contributed by atoms with E-state index in [1.807, 2.05) is 0 Å². The molecular formula is C12H17F2N3O. The fraction of sp³-hybridized carbons (Fsp3) is 0.417. The number of halogens is 2. The van der Waals surface area contributed by atoms with Gasteiger partial charge >= 0.3 is 0 Å². The lowest BCUT2D eigenvalue weighted by atomic mass is 10.1. The lowest BCUT2D eigenvalue weighted by molar-refractivity contribution is 0.289. The molecule has 1 aromatic rings. The topological polar surface area (TPSA) is 73.3 Å². The standard InChI is InChI=1S/C12H17F2N3O/c1-2-17(4-3-5-18)11-9(13)6-8(12(15)16)7-10(11)14/h6-7,18H,2-5H2,1H3,(H3,15,16). The second-order valence-corrected chi connectivity index (χ2v) is 3.86. The van der Waals surface area contributed by atoms with Crippen LogP contribution in [0.2, 0.25) is 0 Å². The van der Waals surface area contributed by atoms with Gasteiger partial charge in [-0.05, 0) is 25.5 Å². The van der Waals surface area contributed by atoms with Crippen LogP contribution in [-0.4, -0.2) is 30.6 Å². The molecule has 0 aliphatic rings. The van der Waals surface area contributed by atoms with E-state index in [1.165, 1.54) is 4.90 Å². The summed E-state index contributed by atoms with van der Waals surface area (Å²) in [7, 11) is 0. The van der Waals surface area contributed by atoms with Gasteiger partial charge < -0.3 is 15.7 Å². The first-order chi connectivity index (χ1) is 8.51. The number of amidine groups is 1. The van der Waals surface area contributed by atoms with Crippen molar-refractivity contribution in [3.8, 4) is 0 Å². The zero-order chi connectivity index (χ0) is 13.7. The summed E-state index contributed by atoms with van der Waals surface area (Å²) in [5, 5.41) is 15.9. The molecule has 0 aliphatic carbocycles. The number of aliphatic hydroxyl groups is 1. The van der Waals surface area contributed by atoms with Gasteiger partial charge in [0.15, 0.2) is 0 Å². The molecule has 0 saturated carbocycles. The van der Waals surface area contributed by atoms with E-state index < -0.39 is 11.6 Å². The van der Waals surface area contributed by atoms with Gasteiger partial charge in [0.1, 0.15) is 23.2 Å². The minimum absolute atomic E-state index is 0.0203. The van der Waals surface area contributed by atoms with Crippen LogP contribution >= 0.6 is 0 Å². The van der Waals surface area contributed by atoms with Gasteiger partial charge in [0.2, 0.25) is 0 Å². The Hall–Kier alpha value is -1.69. The zero-order valence-electron chi connectivity index (χ0n) is 10.2. The minimum atomic E-state index is -0.750. The van der Waals surface area contributed by atoms with E-state index in [9.17, 15) is 8.78 Å². The number of rotatable bonds is 6. The molecule has 0 spiro atoms. The predicted octanol–water partition coefficient (Wildman–Crippen LogP) is 1.46. The smallest absolute Gasteiger partial charge is 0.150 e. The first-order valence-corrected chi connectivity index (χ1v) is 5.70. The molecule has 0 amide bonds. The van der Waals surface area contributed by atoms with Gasteiger partial charge in [0, 0.05) is 25.3 Å². The van der Waals surface area contributed by atoms with Crippen molar-refractivity contribution in [2.45, 2.75) is 13.3 Å². The van der Waals surface area contributed by atoms with Crippen molar-refractivity contribution in [3.05, 3.63) is 29.3 Å². The Morgan fingerprint density at radius 1 is 1.39 bits per heavy atom. The van der Waals surface area contributed by atoms with Crippen LogP contribution in [0.4, 0.5) is 14.5 Å². The number of hydrogen-bond acceptors (Lipinski definition) is 3. The van der Waals surface area contributed by atoms with Crippen molar-refractivity contribution >= 4 is 11.5 Å². The van der Waals surface area contributed by atoms with Crippen LogP contribution < -0.4 is 10.6 Å². The maximum atomic E-state index is 13.8. The summed E-state index contributed by atoms with van der Waals surface area (Å²) in [6.45, 7) is 2.52. The number of nitrogen functional groups attached to an aromatic ring is 1. The molecular weight excluding hydrogens is 240 g/mol. The fourth-order valence-electron chi connectivity index (χ4n) is 1.71. The molecule has 0 aromatic heterocycles. The third-order valence-electron chi connectivity index (χ3n) is 2.61. The Kier molecular flexibility index (Phi) is 5.03. The molecule has 0 unspecified atom stereocenters. The number of hydrogen-bond donors (Lipinski definition) is 3. The quantitative estimate of drug-likeness (QED) is 0.533. The van der Waals surface area contributed by atoms with Gasteiger partial charge in [0.05, 0.1) is 0 Å². The lowest BCUT2D eigenvalue weighted by Gasteiger charge is -2.24. The average Bonchev–Trinajstić information content (AvgIpc) is 2.32. The van der Waals surface area contributed by atoms with E-state index in [0.717, 1.165) is 12.1 Å². The van der Waals surface area contributed by atoms with Crippen molar-refractivity contribution in [3.63, 3.8) is 0 Å². The van der Waals surface area contributed by atoms with E-state index in [2.05, 4.69) is 0 Å². The third kappa shape index (κ3) is 3.16. The van der Waals surface area contributed by atoms with Crippen molar-refractivity contribution in [1.82, 2.24) is 0 Å². The molecule has 0 atom stereocenters. The van der Waals surface area contributed by atoms with Crippen LogP contribution in [0.1, 0.15) is 18.9 Å². The van der Waals surface area contributed by atoms with Gasteiger partial charge in [-0.25, -0.2) is 8.78 Å². The summed E-state index contributed by atoms with van der Waals surface area (Å²) in [6.07, 6.45) is 0.432. The van der Waals surface area contributed by atoms with Crippen LogP contribution in [0.25, 0.3) is 0 Å². The maximum absolute atomic E-state index is 13.8. The van der Waals surface area contributed by atoms with Crippen LogP contribution in [0.3, 0.4) is 0 Å². The summed E-state index contributed by atoms with van der Waals surface area (Å²) in [5.41, 5.74) is 5.07. The Morgan fingerprint density at radius 3 is 2.33 bits per heavy atom. The van der Waals surface area contributed by atoms with Gasteiger partial charge in [-0.15, -0.1) is 0 Å². The number of nitrogens with one attached hydrogen (secondary N) is 1. The Balaban J connectivity index is 3.11. The first kappa shape index (κ1) is 14.4. The van der Waals surface area contributed by atoms with Crippen LogP contribution in [0.5, 0.6) is 0 Å². The molecule has 0 bridgehead atoms. The Bertz CT molecular complexity index is 414. The Morgan fingerprint density at radius 2 is 1.94 bits per heavy atom. The van der Waals surface area contributed by atoms with Crippen molar-refractivity contribution < 1.29 is 13.9 Å². The predicted molar refractivity (Wildman–Crippen MR) is 67.0 cm³/mol. The molecule has 4 nitrogen and oxygen atoms in total. The molecule has 100 valence electrons. The average molecular weight is 257 g/mol. The summed E-state index contributed by atoms with van der Waals surface area (Å²) in [4.78, 5) is 1.50. The van der Waals surface area contributed by atoms with E-state index >= 15 is 0 Å². The second kappa shape index (κ2) is 6.30. The van der Waals surface area contributed by atoms with Gasteiger partial charge in [0.25, 0.3) is 0 Å². The number of anilines is 1. The van der Waals surface area contributed by atoms with Gasteiger partial charge in [-0.2, -0.15) is 0 Å². The molecule has 0 fully saturated rings. The number of aliphatic hydroxyl groups excluding tert-OH is 1. The number of nitrogens with two attached hydrogens (primary N) is 1. The van der Waals surface area contributed by atoms with Crippen LogP contribution in [0.15, 0.2) is 12.1 Å². The largest absolute Gasteiger partial charge is 0.396 e. The molecule has 6 heteroatoms. The normalized spacial score (nSPS) is 10.4. The highest BCUT2D eigenvalue weighted by atomic mass is 19.1. The highest BCUT2D eigenvalue weighted by Gasteiger charge is 2.17. The van der Waals surface area contributed by atoms with E-state index in [4.69, 9.17) is 16.2 Å².